The molecule has 13 heteroatoms. The second-order valence-corrected chi connectivity index (χ2v) is 15.4. The van der Waals surface area contributed by atoms with Gasteiger partial charge in [0.25, 0.3) is 0 Å². The molecule has 1 saturated carbocycles. The number of carbonyl (C=O) groups is 4. The summed E-state index contributed by atoms with van der Waals surface area (Å²) < 4.78 is 13.8. The number of benzene rings is 2. The molecule has 0 bridgehead atoms. The number of aryl methyl sites for hydroxylation is 2. The van der Waals surface area contributed by atoms with E-state index >= 15 is 4.79 Å². The van der Waals surface area contributed by atoms with Crippen LogP contribution >= 0.6 is 22.9 Å². The molecule has 8 rings (SSSR count). The van der Waals surface area contributed by atoms with Crippen molar-refractivity contribution in [1.82, 2.24) is 14.7 Å². The van der Waals surface area contributed by atoms with E-state index in [1.54, 1.807) is 42.1 Å². The van der Waals surface area contributed by atoms with E-state index in [4.69, 9.17) is 26.2 Å². The number of aromatic nitrogens is 2. The first-order chi connectivity index (χ1) is 23.8. The number of nitrogens with zero attached hydrogens (tertiary/aromatic N) is 4. The number of imide groups is 2. The minimum Gasteiger partial charge on any atom is -0.507 e. The van der Waals surface area contributed by atoms with Crippen LogP contribution in [0.5, 0.6) is 17.2 Å². The summed E-state index contributed by atoms with van der Waals surface area (Å²) in [6.07, 6.45) is 2.43. The summed E-state index contributed by atoms with van der Waals surface area (Å²) in [5, 5.41) is 18.0. The molecule has 0 radical (unpaired) electrons. The Bertz CT molecular complexity index is 2220. The minimum absolute atomic E-state index is 0.164. The number of thiophene rings is 1. The predicted molar refractivity (Wildman–Crippen MR) is 187 cm³/mol. The van der Waals surface area contributed by atoms with Crippen molar-refractivity contribution in [3.63, 3.8) is 0 Å². The number of carbonyl (C=O) groups excluding carboxylic acids is 4. The lowest BCUT2D eigenvalue weighted by Crippen LogP contribution is -2.49. The molecule has 0 spiro atoms. The lowest BCUT2D eigenvalue weighted by molar-refractivity contribution is -0.138. The van der Waals surface area contributed by atoms with E-state index in [1.165, 1.54) is 37.1 Å². The molecule has 2 aliphatic heterocycles. The fraction of sp³-hybridized carbons (Fsp3) is 0.378. The number of methoxy groups -OCH3 is 2. The smallest absolute Gasteiger partial charge is 0.242 e. The van der Waals surface area contributed by atoms with Gasteiger partial charge in [-0.15, -0.1) is 11.3 Å². The maximum atomic E-state index is 15.1. The first-order valence-corrected chi connectivity index (χ1v) is 17.6. The van der Waals surface area contributed by atoms with Crippen molar-refractivity contribution in [1.29, 1.82) is 0 Å². The zero-order valence-electron chi connectivity index (χ0n) is 28.3. The Morgan fingerprint density at radius 2 is 1.76 bits per heavy atom. The topological polar surface area (TPSA) is 131 Å². The average Bonchev–Trinajstić information content (AvgIpc) is 3.75. The number of rotatable bonds is 5. The largest absolute Gasteiger partial charge is 0.507 e. The molecule has 1 N–H and O–H groups in total. The van der Waals surface area contributed by atoms with E-state index in [-0.39, 0.29) is 29.7 Å². The monoisotopic (exact) mass is 714 g/mol. The van der Waals surface area contributed by atoms with Crippen LogP contribution < -0.4 is 14.4 Å². The first-order valence-electron chi connectivity index (χ1n) is 16.4. The van der Waals surface area contributed by atoms with Crippen LogP contribution in [0.15, 0.2) is 48.0 Å². The number of fused-ring (bicyclic) bond motifs is 5. The van der Waals surface area contributed by atoms with Gasteiger partial charge in [-0.2, -0.15) is 5.10 Å². The third-order valence-corrected chi connectivity index (χ3v) is 13.1. The second kappa shape index (κ2) is 11.2. The van der Waals surface area contributed by atoms with Crippen molar-refractivity contribution in [2.45, 2.75) is 32.6 Å². The third kappa shape index (κ3) is 4.24. The summed E-state index contributed by atoms with van der Waals surface area (Å²) >= 11 is 7.85. The molecular weight excluding hydrogens is 680 g/mol. The SMILES string of the molecule is COc1cc(O)c(C2C3=CCC4C(=O)N(C)C(=O)C4C3CC3C(=O)N(c4cc(-c5sc6ccc(Cl)cc6c5C)nn4C)C(=O)C32C)c(OC)c1. The highest BCUT2D eigenvalue weighted by molar-refractivity contribution is 7.22. The van der Waals surface area contributed by atoms with Gasteiger partial charge in [-0.3, -0.25) is 28.8 Å². The van der Waals surface area contributed by atoms with E-state index in [1.807, 2.05) is 31.2 Å². The van der Waals surface area contributed by atoms with Crippen LogP contribution in [0.3, 0.4) is 0 Å². The van der Waals surface area contributed by atoms with Crippen molar-refractivity contribution in [3.8, 4) is 27.8 Å². The van der Waals surface area contributed by atoms with Crippen LogP contribution in [-0.4, -0.2) is 64.7 Å². The van der Waals surface area contributed by atoms with Gasteiger partial charge in [0.05, 0.1) is 42.3 Å². The Balaban J connectivity index is 1.29. The van der Waals surface area contributed by atoms with Gasteiger partial charge in [-0.1, -0.05) is 23.3 Å². The van der Waals surface area contributed by atoms with Gasteiger partial charge < -0.3 is 14.6 Å². The number of aromatic hydroxyl groups is 1. The van der Waals surface area contributed by atoms with Crippen molar-refractivity contribution in [3.05, 3.63) is 64.2 Å². The molecule has 4 heterocycles. The molecule has 4 aromatic rings. The maximum Gasteiger partial charge on any atom is 0.242 e. The summed E-state index contributed by atoms with van der Waals surface area (Å²) in [6.45, 7) is 3.76. The van der Waals surface area contributed by atoms with E-state index in [9.17, 15) is 19.5 Å². The highest BCUT2D eigenvalue weighted by Crippen LogP contribution is 2.65. The van der Waals surface area contributed by atoms with Gasteiger partial charge in [0.15, 0.2) is 0 Å². The van der Waals surface area contributed by atoms with Crippen LogP contribution in [0.2, 0.25) is 5.02 Å². The molecule has 3 fully saturated rings. The predicted octanol–water partition coefficient (Wildman–Crippen LogP) is 5.85. The van der Waals surface area contributed by atoms with Crippen LogP contribution in [-0.2, 0) is 26.2 Å². The van der Waals surface area contributed by atoms with E-state index in [2.05, 4.69) is 0 Å². The van der Waals surface area contributed by atoms with Crippen molar-refractivity contribution in [2.24, 2.45) is 36.1 Å². The number of halogens is 1. The van der Waals surface area contributed by atoms with Gasteiger partial charge in [0.2, 0.25) is 23.6 Å². The van der Waals surface area contributed by atoms with Crippen molar-refractivity contribution in [2.75, 3.05) is 26.2 Å². The average molecular weight is 715 g/mol. The Hall–Kier alpha value is -4.68. The first kappa shape index (κ1) is 32.5. The summed E-state index contributed by atoms with van der Waals surface area (Å²) in [5.74, 6) is -4.13. The number of phenols is 1. The number of amides is 4. The molecule has 2 aromatic heterocycles. The number of phenolic OH excluding ortho intramolecular Hbond substituents is 1. The standard InChI is InChI=1S/C37H35ClN4O7S/c1-16-21-11-17(38)7-10-27(21)50-32(16)24-15-28(41(4)39-24)42-34(45)23-14-22-19(8-9-20-29(22)35(46)40(3)33(20)44)31(37(23,2)36(42)47)30-25(43)12-18(48-5)13-26(30)49-6/h7-8,10-13,15,20,22-23,29,31,43H,9,14H2,1-6H3. The number of anilines is 1. The molecule has 4 aliphatic rings. The summed E-state index contributed by atoms with van der Waals surface area (Å²) in [4.78, 5) is 59.9. The Morgan fingerprint density at radius 1 is 1.00 bits per heavy atom. The Kier molecular flexibility index (Phi) is 7.26. The normalized spacial score (nSPS) is 27.5. The van der Waals surface area contributed by atoms with Crippen LogP contribution in [0.4, 0.5) is 5.82 Å². The lowest BCUT2D eigenvalue weighted by atomic mass is 9.51. The summed E-state index contributed by atoms with van der Waals surface area (Å²) in [7, 11) is 6.13. The third-order valence-electron chi connectivity index (χ3n) is 11.5. The van der Waals surface area contributed by atoms with Gasteiger partial charge in [0, 0.05) is 53.5 Å². The highest BCUT2D eigenvalue weighted by Gasteiger charge is 2.68. The fourth-order valence-corrected chi connectivity index (χ4v) is 10.4. The van der Waals surface area contributed by atoms with Gasteiger partial charge in [0.1, 0.15) is 28.8 Å². The number of ether oxygens (including phenoxy) is 2. The summed E-state index contributed by atoms with van der Waals surface area (Å²) in [6, 6.07) is 10.6. The second-order valence-electron chi connectivity index (χ2n) is 13.9. The number of hydrogen-bond acceptors (Lipinski definition) is 9. The molecule has 11 nitrogen and oxygen atoms in total. The van der Waals surface area contributed by atoms with Crippen molar-refractivity contribution < 1.29 is 33.8 Å². The molecule has 258 valence electrons. The molecular formula is C37H35ClN4O7S. The lowest BCUT2D eigenvalue weighted by Gasteiger charge is -2.49. The zero-order chi connectivity index (χ0) is 35.5. The molecule has 2 saturated heterocycles. The summed E-state index contributed by atoms with van der Waals surface area (Å²) in [5.41, 5.74) is 1.28. The van der Waals surface area contributed by atoms with Gasteiger partial charge in [-0.05, 0) is 61.8 Å². The van der Waals surface area contributed by atoms with E-state index in [0.717, 1.165) is 26.1 Å². The molecule has 4 amide bonds. The molecule has 2 aliphatic carbocycles. The molecule has 6 atom stereocenters. The van der Waals surface area contributed by atoms with Gasteiger partial charge >= 0.3 is 0 Å². The maximum absolute atomic E-state index is 15.1. The Labute approximate surface area is 297 Å². The highest BCUT2D eigenvalue weighted by atomic mass is 35.5. The number of allylic oxidation sites excluding steroid dienone is 2. The van der Waals surface area contributed by atoms with E-state index in [0.29, 0.717) is 34.3 Å². The van der Waals surface area contributed by atoms with Crippen molar-refractivity contribution >= 4 is 62.5 Å². The van der Waals surface area contributed by atoms with Crippen LogP contribution in [0.1, 0.15) is 36.8 Å². The van der Waals surface area contributed by atoms with Crippen LogP contribution in [0, 0.1) is 36.0 Å². The van der Waals surface area contributed by atoms with Gasteiger partial charge in [-0.25, -0.2) is 4.90 Å². The zero-order valence-corrected chi connectivity index (χ0v) is 29.9. The number of likely N-dealkylation sites (tertiary alicyclic amines) is 1. The quantitative estimate of drug-likeness (QED) is 0.201. The van der Waals surface area contributed by atoms with Crippen LogP contribution in [0.25, 0.3) is 20.7 Å². The minimum atomic E-state index is -1.39. The number of hydrogen-bond donors (Lipinski definition) is 1. The fourth-order valence-electron chi connectivity index (χ4n) is 9.08. The molecule has 6 unspecified atom stereocenters. The molecule has 2 aromatic carbocycles. The van der Waals surface area contributed by atoms with E-state index < -0.39 is 46.8 Å². The molecule has 50 heavy (non-hydrogen) atoms. The Morgan fingerprint density at radius 3 is 2.48 bits per heavy atom.